The van der Waals surface area contributed by atoms with E-state index in [9.17, 15) is 31.1 Å². The highest BCUT2D eigenvalue weighted by Crippen LogP contribution is 2.38. The molecular formula is C13H8F6O3. The third kappa shape index (κ3) is 3.52. The fraction of sp³-hybridized carbons (Fsp3) is 0.308. The molecule has 1 aromatic rings. The number of carboxylic acids is 1. The fourth-order valence-corrected chi connectivity index (χ4v) is 2.01. The minimum Gasteiger partial charge on any atom is -0.478 e. The number of aliphatic carboxylic acids is 1. The average molecular weight is 326 g/mol. The van der Waals surface area contributed by atoms with Crippen LogP contribution >= 0.6 is 0 Å². The van der Waals surface area contributed by atoms with Crippen LogP contribution in [-0.4, -0.2) is 29.5 Å². The van der Waals surface area contributed by atoms with Gasteiger partial charge in [0.15, 0.2) is 0 Å². The number of alkyl halides is 6. The molecule has 2 rings (SSSR count). The molecule has 1 unspecified atom stereocenters. The van der Waals surface area contributed by atoms with Gasteiger partial charge in [-0.2, -0.15) is 26.3 Å². The first-order valence-corrected chi connectivity index (χ1v) is 5.85. The van der Waals surface area contributed by atoms with Gasteiger partial charge in [-0.15, -0.1) is 0 Å². The van der Waals surface area contributed by atoms with Gasteiger partial charge in [-0.1, -0.05) is 6.07 Å². The molecule has 0 radical (unpaired) electrons. The Kier molecular flexibility index (Phi) is 3.84. The fourth-order valence-electron chi connectivity index (χ4n) is 2.01. The largest absolute Gasteiger partial charge is 0.478 e. The second kappa shape index (κ2) is 5.22. The van der Waals surface area contributed by atoms with Crippen LogP contribution in [0.1, 0.15) is 11.1 Å². The van der Waals surface area contributed by atoms with Gasteiger partial charge in [-0.3, -0.25) is 0 Å². The molecule has 0 spiro atoms. The molecule has 0 saturated heterocycles. The summed E-state index contributed by atoms with van der Waals surface area (Å²) in [5, 5.41) is 8.83. The third-order valence-electron chi connectivity index (χ3n) is 2.86. The standard InChI is InChI=1S/C13H8F6O3/c14-12(15,16)5-6-1-2-9-7(3-6)4-8(11(20)21)10(22-9)13(17,18)19/h1-4,10H,5H2,(H,20,21). The van der Waals surface area contributed by atoms with E-state index in [0.717, 1.165) is 18.2 Å². The number of carbonyl (C=O) groups is 1. The summed E-state index contributed by atoms with van der Waals surface area (Å²) in [6, 6.07) is 2.90. The molecule has 1 atom stereocenters. The number of hydrogen-bond donors (Lipinski definition) is 1. The van der Waals surface area contributed by atoms with Crippen LogP contribution in [0.25, 0.3) is 6.08 Å². The summed E-state index contributed by atoms with van der Waals surface area (Å²) in [6.45, 7) is 0. The predicted molar refractivity (Wildman–Crippen MR) is 62.3 cm³/mol. The summed E-state index contributed by atoms with van der Waals surface area (Å²) in [6.07, 6.45) is -12.7. The summed E-state index contributed by atoms with van der Waals surface area (Å²) in [5.74, 6) is -2.17. The second-order valence-electron chi connectivity index (χ2n) is 4.61. The zero-order chi connectivity index (χ0) is 16.7. The van der Waals surface area contributed by atoms with Crippen molar-refractivity contribution in [3.8, 4) is 5.75 Å². The molecule has 1 aliphatic rings. The van der Waals surface area contributed by atoms with Crippen molar-refractivity contribution >= 4 is 12.0 Å². The first-order chi connectivity index (χ1) is 9.97. The van der Waals surface area contributed by atoms with Crippen LogP contribution in [0.3, 0.4) is 0 Å². The summed E-state index contributed by atoms with van der Waals surface area (Å²) in [4.78, 5) is 10.9. The van der Waals surface area contributed by atoms with Crippen molar-refractivity contribution in [2.24, 2.45) is 0 Å². The molecule has 0 aliphatic carbocycles. The van der Waals surface area contributed by atoms with E-state index in [1.165, 1.54) is 0 Å². The number of hydrogen-bond acceptors (Lipinski definition) is 2. The van der Waals surface area contributed by atoms with Gasteiger partial charge in [0.25, 0.3) is 0 Å². The molecule has 1 N–H and O–H groups in total. The van der Waals surface area contributed by atoms with Gasteiger partial charge in [-0.25, -0.2) is 4.79 Å². The number of halogens is 6. The van der Waals surface area contributed by atoms with Crippen LogP contribution in [0.2, 0.25) is 0 Å². The zero-order valence-corrected chi connectivity index (χ0v) is 10.6. The Morgan fingerprint density at radius 1 is 1.18 bits per heavy atom. The van der Waals surface area contributed by atoms with Crippen molar-refractivity contribution in [2.45, 2.75) is 24.9 Å². The van der Waals surface area contributed by atoms with Crippen molar-refractivity contribution in [3.63, 3.8) is 0 Å². The lowest BCUT2D eigenvalue weighted by atomic mass is 9.99. The molecule has 0 fully saturated rings. The van der Waals surface area contributed by atoms with Crippen molar-refractivity contribution < 1.29 is 41.0 Å². The van der Waals surface area contributed by atoms with Crippen LogP contribution in [-0.2, 0) is 11.2 Å². The topological polar surface area (TPSA) is 46.5 Å². The Balaban J connectivity index is 2.43. The van der Waals surface area contributed by atoms with E-state index in [2.05, 4.69) is 4.74 Å². The minimum absolute atomic E-state index is 0.139. The number of benzene rings is 1. The Morgan fingerprint density at radius 2 is 1.82 bits per heavy atom. The van der Waals surface area contributed by atoms with Crippen molar-refractivity contribution in [1.29, 1.82) is 0 Å². The molecule has 0 aromatic heterocycles. The lowest BCUT2D eigenvalue weighted by molar-refractivity contribution is -0.187. The first-order valence-electron chi connectivity index (χ1n) is 5.85. The maximum absolute atomic E-state index is 12.8. The molecule has 1 aliphatic heterocycles. The monoisotopic (exact) mass is 326 g/mol. The first kappa shape index (κ1) is 16.2. The van der Waals surface area contributed by atoms with E-state index in [1.54, 1.807) is 0 Å². The summed E-state index contributed by atoms with van der Waals surface area (Å²) in [5.41, 5.74) is -1.43. The van der Waals surface area contributed by atoms with E-state index < -0.39 is 36.4 Å². The van der Waals surface area contributed by atoms with Crippen molar-refractivity contribution in [3.05, 3.63) is 34.9 Å². The van der Waals surface area contributed by atoms with Crippen LogP contribution in [0.4, 0.5) is 26.3 Å². The van der Waals surface area contributed by atoms with E-state index in [0.29, 0.717) is 6.08 Å². The van der Waals surface area contributed by atoms with Crippen LogP contribution in [0.5, 0.6) is 5.75 Å². The molecular weight excluding hydrogens is 318 g/mol. The molecule has 3 nitrogen and oxygen atoms in total. The van der Waals surface area contributed by atoms with Crippen molar-refractivity contribution in [1.82, 2.24) is 0 Å². The Hall–Kier alpha value is -2.19. The number of carboxylic acid groups (broad SMARTS) is 1. The average Bonchev–Trinajstić information content (AvgIpc) is 2.33. The summed E-state index contributed by atoms with van der Waals surface area (Å²) >= 11 is 0. The minimum atomic E-state index is -4.95. The van der Waals surface area contributed by atoms with E-state index >= 15 is 0 Å². The molecule has 0 amide bonds. The number of ether oxygens (including phenoxy) is 1. The zero-order valence-electron chi connectivity index (χ0n) is 10.6. The molecule has 120 valence electrons. The van der Waals surface area contributed by atoms with Gasteiger partial charge in [0.05, 0.1) is 12.0 Å². The highest BCUT2D eigenvalue weighted by Gasteiger charge is 2.48. The molecule has 22 heavy (non-hydrogen) atoms. The van der Waals surface area contributed by atoms with Gasteiger partial charge < -0.3 is 9.84 Å². The van der Waals surface area contributed by atoms with E-state index in [-0.39, 0.29) is 16.9 Å². The van der Waals surface area contributed by atoms with Gasteiger partial charge in [-0.05, 0) is 23.8 Å². The lowest BCUT2D eigenvalue weighted by Gasteiger charge is -2.27. The molecule has 9 heteroatoms. The lowest BCUT2D eigenvalue weighted by Crippen LogP contribution is -2.40. The van der Waals surface area contributed by atoms with Gasteiger partial charge in [0, 0.05) is 5.56 Å². The smallest absolute Gasteiger partial charge is 0.430 e. The summed E-state index contributed by atoms with van der Waals surface area (Å²) < 4.78 is 79.8. The SMILES string of the molecule is O=C(O)C1=Cc2cc(CC(F)(F)F)ccc2OC1C(F)(F)F. The Morgan fingerprint density at radius 3 is 2.32 bits per heavy atom. The van der Waals surface area contributed by atoms with Crippen LogP contribution < -0.4 is 4.74 Å². The third-order valence-corrected chi connectivity index (χ3v) is 2.86. The normalized spacial score (nSPS) is 18.3. The maximum Gasteiger partial charge on any atom is 0.430 e. The summed E-state index contributed by atoms with van der Waals surface area (Å²) in [7, 11) is 0. The van der Waals surface area contributed by atoms with Crippen LogP contribution in [0, 0.1) is 0 Å². The molecule has 0 bridgehead atoms. The highest BCUT2D eigenvalue weighted by atomic mass is 19.4. The van der Waals surface area contributed by atoms with Crippen LogP contribution in [0.15, 0.2) is 23.8 Å². The highest BCUT2D eigenvalue weighted by molar-refractivity contribution is 5.95. The Bertz CT molecular complexity index is 630. The van der Waals surface area contributed by atoms with Gasteiger partial charge in [0.1, 0.15) is 5.75 Å². The van der Waals surface area contributed by atoms with Gasteiger partial charge in [0.2, 0.25) is 6.10 Å². The van der Waals surface area contributed by atoms with E-state index in [4.69, 9.17) is 5.11 Å². The quantitative estimate of drug-likeness (QED) is 0.845. The van der Waals surface area contributed by atoms with Gasteiger partial charge >= 0.3 is 18.3 Å². The molecule has 1 heterocycles. The molecule has 1 aromatic carbocycles. The second-order valence-corrected chi connectivity index (χ2v) is 4.61. The number of rotatable bonds is 2. The van der Waals surface area contributed by atoms with E-state index in [1.807, 2.05) is 0 Å². The Labute approximate surface area is 119 Å². The molecule has 0 saturated carbocycles. The number of fused-ring (bicyclic) bond motifs is 1. The van der Waals surface area contributed by atoms with Crippen molar-refractivity contribution in [2.75, 3.05) is 0 Å². The predicted octanol–water partition coefficient (Wildman–Crippen LogP) is 3.58. The maximum atomic E-state index is 12.8.